The number of amides is 2. The Morgan fingerprint density at radius 3 is 2.55 bits per heavy atom. The van der Waals surface area contributed by atoms with Crippen LogP contribution in [-0.2, 0) is 4.79 Å². The average molecular weight is 425 g/mol. The first-order valence-corrected chi connectivity index (χ1v) is 10.4. The topological polar surface area (TPSA) is 78.7 Å². The molecule has 0 radical (unpaired) electrons. The van der Waals surface area contributed by atoms with Crippen LogP contribution in [0, 0.1) is 12.7 Å². The first kappa shape index (κ1) is 22.5. The zero-order valence-corrected chi connectivity index (χ0v) is 18.0. The summed E-state index contributed by atoms with van der Waals surface area (Å²) < 4.78 is 14.3. The van der Waals surface area contributed by atoms with E-state index < -0.39 is 5.91 Å². The van der Waals surface area contributed by atoms with Crippen LogP contribution in [0.5, 0.6) is 0 Å². The van der Waals surface area contributed by atoms with Crippen LogP contribution in [0.1, 0.15) is 34.5 Å². The molecule has 0 aliphatic carbocycles. The lowest BCUT2D eigenvalue weighted by Crippen LogP contribution is -2.54. The summed E-state index contributed by atoms with van der Waals surface area (Å²) in [4.78, 5) is 27.4. The van der Waals surface area contributed by atoms with Gasteiger partial charge in [-0.05, 0) is 61.4 Å². The van der Waals surface area contributed by atoms with Crippen molar-refractivity contribution in [1.82, 2.24) is 9.80 Å². The summed E-state index contributed by atoms with van der Waals surface area (Å²) in [5.74, 6) is -0.787. The molecule has 0 spiro atoms. The molecule has 0 bridgehead atoms. The van der Waals surface area contributed by atoms with Gasteiger partial charge >= 0.3 is 0 Å². The first-order chi connectivity index (χ1) is 14.8. The van der Waals surface area contributed by atoms with Gasteiger partial charge in [-0.25, -0.2) is 4.39 Å². The van der Waals surface area contributed by atoms with Crippen molar-refractivity contribution in [3.63, 3.8) is 0 Å². The molecule has 1 aliphatic heterocycles. The Balaban J connectivity index is 1.79. The van der Waals surface area contributed by atoms with Gasteiger partial charge in [-0.2, -0.15) is 0 Å². The number of primary amides is 1. The second-order valence-corrected chi connectivity index (χ2v) is 7.99. The van der Waals surface area contributed by atoms with E-state index in [4.69, 9.17) is 5.73 Å². The largest absolute Gasteiger partial charge is 0.377 e. The number of carbonyl (C=O) groups excluding carboxylic acids is 2. The van der Waals surface area contributed by atoms with Crippen LogP contribution in [0.3, 0.4) is 0 Å². The van der Waals surface area contributed by atoms with Gasteiger partial charge in [-0.1, -0.05) is 18.7 Å². The molecule has 6 nitrogen and oxygen atoms in total. The van der Waals surface area contributed by atoms with Crippen molar-refractivity contribution in [3.8, 4) is 0 Å². The number of nitrogens with two attached hydrogens (primary N) is 1. The fourth-order valence-electron chi connectivity index (χ4n) is 3.89. The maximum Gasteiger partial charge on any atom is 0.248 e. The van der Waals surface area contributed by atoms with E-state index >= 15 is 0 Å². The van der Waals surface area contributed by atoms with Crippen LogP contribution >= 0.6 is 0 Å². The van der Waals surface area contributed by atoms with Crippen LogP contribution in [0.4, 0.5) is 10.1 Å². The maximum atomic E-state index is 14.3. The molecule has 1 saturated heterocycles. The predicted octanol–water partition coefficient (Wildman–Crippen LogP) is 3.10. The second kappa shape index (κ2) is 9.75. The molecule has 1 fully saturated rings. The molecule has 7 heteroatoms. The number of rotatable bonds is 7. The summed E-state index contributed by atoms with van der Waals surface area (Å²) in [6.45, 7) is 10.0. The number of halogens is 1. The molecular formula is C24H29FN4O2. The Kier molecular flexibility index (Phi) is 7.07. The maximum absolute atomic E-state index is 14.3. The molecule has 2 atom stereocenters. The Bertz CT molecular complexity index is 961. The number of piperazine rings is 1. The van der Waals surface area contributed by atoms with E-state index in [-0.39, 0.29) is 23.8 Å². The minimum absolute atomic E-state index is 0.0584. The second-order valence-electron chi connectivity index (χ2n) is 7.99. The highest BCUT2D eigenvalue weighted by molar-refractivity contribution is 5.93. The zero-order valence-electron chi connectivity index (χ0n) is 18.0. The zero-order chi connectivity index (χ0) is 22.5. The van der Waals surface area contributed by atoms with Crippen LogP contribution in [0.25, 0.3) is 0 Å². The van der Waals surface area contributed by atoms with E-state index in [2.05, 4.69) is 16.8 Å². The standard InChI is InChI=1S/C24H29FN4O2/c1-4-23(30)29-12-11-28(14-17(29)3)15-22(19-6-5-16(2)21(25)13-19)27-20-9-7-18(8-10-20)24(26)31/h4-10,13,17,22,27H,1,11-12,14-15H2,2-3H3,(H2,26,31)/t17-,22-/m1/s1. The van der Waals surface area contributed by atoms with Gasteiger partial charge in [-0.3, -0.25) is 14.5 Å². The molecular weight excluding hydrogens is 395 g/mol. The Morgan fingerprint density at radius 2 is 1.97 bits per heavy atom. The number of nitrogens with one attached hydrogen (secondary N) is 1. The summed E-state index contributed by atoms with van der Waals surface area (Å²) in [6, 6.07) is 12.1. The smallest absolute Gasteiger partial charge is 0.248 e. The third-order valence-electron chi connectivity index (χ3n) is 5.72. The van der Waals surface area contributed by atoms with Gasteiger partial charge < -0.3 is 16.0 Å². The van der Waals surface area contributed by atoms with Crippen molar-refractivity contribution in [3.05, 3.63) is 77.6 Å². The number of benzene rings is 2. The molecule has 0 aromatic heterocycles. The number of hydrogen-bond donors (Lipinski definition) is 2. The van der Waals surface area contributed by atoms with Crippen molar-refractivity contribution >= 4 is 17.5 Å². The quantitative estimate of drug-likeness (QED) is 0.670. The molecule has 2 aromatic rings. The highest BCUT2D eigenvalue weighted by Gasteiger charge is 2.28. The van der Waals surface area contributed by atoms with Crippen molar-refractivity contribution in [2.75, 3.05) is 31.5 Å². The number of carbonyl (C=O) groups is 2. The highest BCUT2D eigenvalue weighted by Crippen LogP contribution is 2.24. The third-order valence-corrected chi connectivity index (χ3v) is 5.72. The van der Waals surface area contributed by atoms with Gasteiger partial charge in [-0.15, -0.1) is 0 Å². The van der Waals surface area contributed by atoms with Crippen molar-refractivity contribution in [2.24, 2.45) is 5.73 Å². The summed E-state index contributed by atoms with van der Waals surface area (Å²) >= 11 is 0. The van der Waals surface area contributed by atoms with Crippen LogP contribution < -0.4 is 11.1 Å². The summed E-state index contributed by atoms with van der Waals surface area (Å²) in [6.07, 6.45) is 1.35. The molecule has 3 rings (SSSR count). The van der Waals surface area contributed by atoms with Gasteiger partial charge in [0.05, 0.1) is 6.04 Å². The lowest BCUT2D eigenvalue weighted by atomic mass is 10.0. The third kappa shape index (κ3) is 5.49. The minimum atomic E-state index is -0.482. The van der Waals surface area contributed by atoms with Crippen LogP contribution in [-0.4, -0.2) is 53.8 Å². The fourth-order valence-corrected chi connectivity index (χ4v) is 3.89. The van der Waals surface area contributed by atoms with Gasteiger partial charge in [0.2, 0.25) is 11.8 Å². The summed E-state index contributed by atoms with van der Waals surface area (Å²) in [5.41, 5.74) is 7.99. The fraction of sp³-hybridized carbons (Fsp3) is 0.333. The predicted molar refractivity (Wildman–Crippen MR) is 120 cm³/mol. The molecule has 1 heterocycles. The number of hydrogen-bond acceptors (Lipinski definition) is 4. The Labute approximate surface area is 182 Å². The Morgan fingerprint density at radius 1 is 1.26 bits per heavy atom. The van der Waals surface area contributed by atoms with Crippen molar-refractivity contribution in [1.29, 1.82) is 0 Å². The van der Waals surface area contributed by atoms with Gasteiger partial charge in [0.25, 0.3) is 0 Å². The normalized spacial score (nSPS) is 17.8. The van der Waals surface area contributed by atoms with E-state index in [1.807, 2.05) is 17.9 Å². The first-order valence-electron chi connectivity index (χ1n) is 10.4. The molecule has 2 amide bonds. The Hall–Kier alpha value is -3.19. The summed E-state index contributed by atoms with van der Waals surface area (Å²) in [5, 5.41) is 3.46. The summed E-state index contributed by atoms with van der Waals surface area (Å²) in [7, 11) is 0. The van der Waals surface area contributed by atoms with Gasteiger partial charge in [0.1, 0.15) is 5.82 Å². The molecule has 2 aromatic carbocycles. The van der Waals surface area contributed by atoms with Crippen LogP contribution in [0.2, 0.25) is 0 Å². The van der Waals surface area contributed by atoms with Gasteiger partial charge in [0, 0.05) is 43.5 Å². The SMILES string of the molecule is C=CC(=O)N1CCN(C[C@@H](Nc2ccc(C(N)=O)cc2)c2ccc(C)c(F)c2)C[C@H]1C. The van der Waals surface area contributed by atoms with Gasteiger partial charge in [0.15, 0.2) is 0 Å². The highest BCUT2D eigenvalue weighted by atomic mass is 19.1. The molecule has 0 saturated carbocycles. The molecule has 164 valence electrons. The minimum Gasteiger partial charge on any atom is -0.377 e. The van der Waals surface area contributed by atoms with Crippen molar-refractivity contribution < 1.29 is 14.0 Å². The lowest BCUT2D eigenvalue weighted by molar-refractivity contribution is -0.130. The van der Waals surface area contributed by atoms with E-state index in [1.165, 1.54) is 6.08 Å². The number of anilines is 1. The van der Waals surface area contributed by atoms with Crippen LogP contribution in [0.15, 0.2) is 55.1 Å². The van der Waals surface area contributed by atoms with Crippen molar-refractivity contribution in [2.45, 2.75) is 25.9 Å². The lowest BCUT2D eigenvalue weighted by Gasteiger charge is -2.41. The van der Waals surface area contributed by atoms with E-state index in [0.29, 0.717) is 30.8 Å². The average Bonchev–Trinajstić information content (AvgIpc) is 2.75. The van der Waals surface area contributed by atoms with E-state index in [9.17, 15) is 14.0 Å². The monoisotopic (exact) mass is 424 g/mol. The number of aryl methyl sites for hydroxylation is 1. The van der Waals surface area contributed by atoms with E-state index in [0.717, 1.165) is 17.8 Å². The molecule has 0 unspecified atom stereocenters. The molecule has 31 heavy (non-hydrogen) atoms. The molecule has 1 aliphatic rings. The molecule has 3 N–H and O–H groups in total. The van der Waals surface area contributed by atoms with E-state index in [1.54, 1.807) is 43.3 Å². The number of nitrogens with zero attached hydrogens (tertiary/aromatic N) is 2.